The van der Waals surface area contributed by atoms with Gasteiger partial charge in [-0.05, 0) is 71.8 Å². The van der Waals surface area contributed by atoms with Crippen LogP contribution in [-0.2, 0) is 19.1 Å². The van der Waals surface area contributed by atoms with E-state index in [1.165, 1.54) is 6.08 Å². The predicted octanol–water partition coefficient (Wildman–Crippen LogP) is 4.27. The molecule has 1 aliphatic rings. The standard InChI is InChI=1S/C27H28N2O5/c1-19(27(31)28-23-7-9-24(10-8-23)29-13-15-33-16-14-29)34-26(30)12-4-20-3-5-22-18-25(32-2)11-6-21(22)17-20/h3-12,17-19H,13-16H2,1-2H3,(H,28,31). The van der Waals surface area contributed by atoms with Gasteiger partial charge >= 0.3 is 5.97 Å². The Morgan fingerprint density at radius 1 is 1.00 bits per heavy atom. The van der Waals surface area contributed by atoms with E-state index in [4.69, 9.17) is 14.2 Å². The molecule has 1 saturated heterocycles. The number of anilines is 2. The summed E-state index contributed by atoms with van der Waals surface area (Å²) in [6.45, 7) is 4.67. The fourth-order valence-corrected chi connectivity index (χ4v) is 3.73. The lowest BCUT2D eigenvalue weighted by molar-refractivity contribution is -0.148. The van der Waals surface area contributed by atoms with Crippen molar-refractivity contribution in [1.82, 2.24) is 0 Å². The van der Waals surface area contributed by atoms with E-state index in [1.54, 1.807) is 20.1 Å². The molecule has 7 nitrogen and oxygen atoms in total. The Labute approximate surface area is 198 Å². The molecule has 4 rings (SSSR count). The predicted molar refractivity (Wildman–Crippen MR) is 133 cm³/mol. The zero-order valence-electron chi connectivity index (χ0n) is 19.3. The summed E-state index contributed by atoms with van der Waals surface area (Å²) < 4.78 is 15.9. The molecule has 3 aromatic rings. The molecule has 1 heterocycles. The summed E-state index contributed by atoms with van der Waals surface area (Å²) in [4.78, 5) is 26.9. The normalized spacial score (nSPS) is 14.7. The van der Waals surface area contributed by atoms with Crippen LogP contribution < -0.4 is 15.0 Å². The molecule has 7 heteroatoms. The number of carbonyl (C=O) groups excluding carboxylic acids is 2. The fourth-order valence-electron chi connectivity index (χ4n) is 3.73. The second-order valence-corrected chi connectivity index (χ2v) is 8.02. The molecule has 0 spiro atoms. The smallest absolute Gasteiger partial charge is 0.331 e. The quantitative estimate of drug-likeness (QED) is 0.419. The first-order valence-corrected chi connectivity index (χ1v) is 11.2. The van der Waals surface area contributed by atoms with E-state index in [0.717, 1.165) is 40.9 Å². The van der Waals surface area contributed by atoms with Gasteiger partial charge in [0.25, 0.3) is 5.91 Å². The highest BCUT2D eigenvalue weighted by molar-refractivity contribution is 5.97. The molecule has 3 aromatic carbocycles. The molecule has 0 radical (unpaired) electrons. The third-order valence-electron chi connectivity index (χ3n) is 5.66. The summed E-state index contributed by atoms with van der Waals surface area (Å²) in [5, 5.41) is 4.86. The fraction of sp³-hybridized carbons (Fsp3) is 0.259. The van der Waals surface area contributed by atoms with Crippen LogP contribution in [0.1, 0.15) is 12.5 Å². The van der Waals surface area contributed by atoms with E-state index in [1.807, 2.05) is 60.7 Å². The number of methoxy groups -OCH3 is 1. The number of carbonyl (C=O) groups is 2. The molecule has 1 fully saturated rings. The van der Waals surface area contributed by atoms with Crippen molar-refractivity contribution in [2.24, 2.45) is 0 Å². The van der Waals surface area contributed by atoms with Crippen LogP contribution in [0, 0.1) is 0 Å². The topological polar surface area (TPSA) is 77.1 Å². The Morgan fingerprint density at radius 2 is 1.71 bits per heavy atom. The minimum absolute atomic E-state index is 0.388. The first-order chi connectivity index (χ1) is 16.5. The van der Waals surface area contributed by atoms with Crippen LogP contribution >= 0.6 is 0 Å². The summed E-state index contributed by atoms with van der Waals surface area (Å²) in [7, 11) is 1.63. The molecule has 176 valence electrons. The van der Waals surface area contributed by atoms with Gasteiger partial charge < -0.3 is 24.4 Å². The molecule has 1 amide bonds. The van der Waals surface area contributed by atoms with Gasteiger partial charge in [-0.3, -0.25) is 4.79 Å². The van der Waals surface area contributed by atoms with E-state index < -0.39 is 12.1 Å². The number of benzene rings is 3. The van der Waals surface area contributed by atoms with Crippen LogP contribution in [0.25, 0.3) is 16.8 Å². The maximum absolute atomic E-state index is 12.5. The van der Waals surface area contributed by atoms with Gasteiger partial charge in [0, 0.05) is 30.5 Å². The molecule has 34 heavy (non-hydrogen) atoms. The number of hydrogen-bond acceptors (Lipinski definition) is 6. The molecule has 0 aromatic heterocycles. The summed E-state index contributed by atoms with van der Waals surface area (Å²) in [6, 6.07) is 19.2. The third-order valence-corrected chi connectivity index (χ3v) is 5.66. The maximum atomic E-state index is 12.5. The molecule has 0 aliphatic carbocycles. The Bertz CT molecular complexity index is 1180. The van der Waals surface area contributed by atoms with Gasteiger partial charge in [0.1, 0.15) is 5.75 Å². The highest BCUT2D eigenvalue weighted by atomic mass is 16.5. The van der Waals surface area contributed by atoms with Gasteiger partial charge in [0.15, 0.2) is 6.10 Å². The van der Waals surface area contributed by atoms with Crippen LogP contribution in [0.2, 0.25) is 0 Å². The maximum Gasteiger partial charge on any atom is 0.331 e. The van der Waals surface area contributed by atoms with Crippen LogP contribution in [0.3, 0.4) is 0 Å². The molecule has 1 unspecified atom stereocenters. The minimum Gasteiger partial charge on any atom is -0.497 e. The third kappa shape index (κ3) is 5.94. The minimum atomic E-state index is -0.930. The Balaban J connectivity index is 1.30. The van der Waals surface area contributed by atoms with Crippen LogP contribution in [0.4, 0.5) is 11.4 Å². The highest BCUT2D eigenvalue weighted by Gasteiger charge is 2.17. The number of esters is 1. The van der Waals surface area contributed by atoms with Gasteiger partial charge in [-0.25, -0.2) is 4.79 Å². The van der Waals surface area contributed by atoms with Crippen molar-refractivity contribution in [2.45, 2.75) is 13.0 Å². The summed E-state index contributed by atoms with van der Waals surface area (Å²) in [5.74, 6) is -0.180. The van der Waals surface area contributed by atoms with E-state index in [9.17, 15) is 9.59 Å². The van der Waals surface area contributed by atoms with Crippen LogP contribution in [0.5, 0.6) is 5.75 Å². The number of ether oxygens (including phenoxy) is 3. The van der Waals surface area contributed by atoms with Crippen LogP contribution in [-0.4, -0.2) is 51.4 Å². The molecule has 0 saturated carbocycles. The van der Waals surface area contributed by atoms with Crippen molar-refractivity contribution in [3.8, 4) is 5.75 Å². The number of nitrogens with zero attached hydrogens (tertiary/aromatic N) is 1. The van der Waals surface area contributed by atoms with Gasteiger partial charge in [-0.2, -0.15) is 0 Å². The molecule has 1 N–H and O–H groups in total. The molecule has 0 bridgehead atoms. The monoisotopic (exact) mass is 460 g/mol. The van der Waals surface area contributed by atoms with E-state index in [2.05, 4.69) is 10.2 Å². The molecule has 1 aliphatic heterocycles. The average molecular weight is 461 g/mol. The Hall–Kier alpha value is -3.84. The highest BCUT2D eigenvalue weighted by Crippen LogP contribution is 2.22. The second kappa shape index (κ2) is 10.9. The van der Waals surface area contributed by atoms with Gasteiger partial charge in [0.2, 0.25) is 0 Å². The lowest BCUT2D eigenvalue weighted by Crippen LogP contribution is -2.36. The van der Waals surface area contributed by atoms with E-state index >= 15 is 0 Å². The molecular weight excluding hydrogens is 432 g/mol. The first-order valence-electron chi connectivity index (χ1n) is 11.2. The van der Waals surface area contributed by atoms with Crippen molar-refractivity contribution in [3.63, 3.8) is 0 Å². The van der Waals surface area contributed by atoms with Crippen molar-refractivity contribution < 1.29 is 23.8 Å². The second-order valence-electron chi connectivity index (χ2n) is 8.02. The van der Waals surface area contributed by atoms with Crippen molar-refractivity contribution in [1.29, 1.82) is 0 Å². The zero-order chi connectivity index (χ0) is 23.9. The SMILES string of the molecule is COc1ccc2cc(C=CC(=O)OC(C)C(=O)Nc3ccc(N4CCOCC4)cc3)ccc2c1. The Kier molecular flexibility index (Phi) is 7.44. The summed E-state index contributed by atoms with van der Waals surface area (Å²) in [5.41, 5.74) is 2.58. The van der Waals surface area contributed by atoms with Gasteiger partial charge in [0.05, 0.1) is 20.3 Å². The lowest BCUT2D eigenvalue weighted by atomic mass is 10.1. The molecular formula is C27H28N2O5. The van der Waals surface area contributed by atoms with Crippen molar-refractivity contribution >= 4 is 40.1 Å². The van der Waals surface area contributed by atoms with Crippen molar-refractivity contribution in [2.75, 3.05) is 43.6 Å². The number of fused-ring (bicyclic) bond motifs is 1. The zero-order valence-corrected chi connectivity index (χ0v) is 19.3. The lowest BCUT2D eigenvalue weighted by Gasteiger charge is -2.28. The van der Waals surface area contributed by atoms with Crippen molar-refractivity contribution in [3.05, 3.63) is 72.3 Å². The Morgan fingerprint density at radius 3 is 2.44 bits per heavy atom. The first kappa shape index (κ1) is 23.3. The number of hydrogen-bond donors (Lipinski definition) is 1. The average Bonchev–Trinajstić information content (AvgIpc) is 2.88. The van der Waals surface area contributed by atoms with Gasteiger partial charge in [-0.15, -0.1) is 0 Å². The number of nitrogens with one attached hydrogen (secondary N) is 1. The van der Waals surface area contributed by atoms with Gasteiger partial charge in [-0.1, -0.05) is 18.2 Å². The number of morpholine rings is 1. The van der Waals surface area contributed by atoms with Crippen LogP contribution in [0.15, 0.2) is 66.7 Å². The van der Waals surface area contributed by atoms with E-state index in [-0.39, 0.29) is 5.91 Å². The largest absolute Gasteiger partial charge is 0.497 e. The number of amides is 1. The molecule has 1 atom stereocenters. The summed E-state index contributed by atoms with van der Waals surface area (Å²) >= 11 is 0. The van der Waals surface area contributed by atoms with E-state index in [0.29, 0.717) is 18.9 Å². The summed E-state index contributed by atoms with van der Waals surface area (Å²) in [6.07, 6.45) is 2.06. The number of rotatable bonds is 7.